The SMILES string of the molecule is CCOC(=O)c1cccn1C(=O)OC[C@H]1O[C@@](C#N)(c2ccc3c(N)ncnn23)[C@H](O)[C@@H]1O. The Labute approximate surface area is 186 Å². The number of aliphatic hydroxyl groups excluding tert-OH is 2. The molecule has 4 rings (SSSR count). The first-order valence-corrected chi connectivity index (χ1v) is 9.89. The first-order chi connectivity index (χ1) is 15.8. The Morgan fingerprint density at radius 2 is 2.12 bits per heavy atom. The van der Waals surface area contributed by atoms with Gasteiger partial charge in [-0.05, 0) is 31.2 Å². The van der Waals surface area contributed by atoms with Crippen LogP contribution in [0, 0.1) is 11.3 Å². The largest absolute Gasteiger partial charge is 0.461 e. The maximum absolute atomic E-state index is 12.5. The molecule has 0 amide bonds. The lowest BCUT2D eigenvalue weighted by atomic mass is 9.92. The van der Waals surface area contributed by atoms with Crippen molar-refractivity contribution in [2.75, 3.05) is 18.9 Å². The van der Waals surface area contributed by atoms with Gasteiger partial charge >= 0.3 is 12.1 Å². The van der Waals surface area contributed by atoms with E-state index in [4.69, 9.17) is 19.9 Å². The molecule has 0 aromatic carbocycles. The van der Waals surface area contributed by atoms with E-state index in [1.54, 1.807) is 13.0 Å². The Kier molecular flexibility index (Phi) is 5.73. The number of nitrogens with zero attached hydrogens (tertiary/aromatic N) is 5. The second-order valence-electron chi connectivity index (χ2n) is 7.16. The van der Waals surface area contributed by atoms with Gasteiger partial charge in [0.2, 0.25) is 5.60 Å². The normalized spacial score (nSPS) is 24.5. The minimum atomic E-state index is -2.02. The highest BCUT2D eigenvalue weighted by molar-refractivity contribution is 5.92. The number of ether oxygens (including phenoxy) is 3. The van der Waals surface area contributed by atoms with Crippen LogP contribution >= 0.6 is 0 Å². The summed E-state index contributed by atoms with van der Waals surface area (Å²) in [6, 6.07) is 7.76. The minimum Gasteiger partial charge on any atom is -0.461 e. The highest BCUT2D eigenvalue weighted by Gasteiger charge is 2.57. The van der Waals surface area contributed by atoms with E-state index in [0.29, 0.717) is 5.52 Å². The van der Waals surface area contributed by atoms with E-state index < -0.39 is 42.6 Å². The molecule has 0 spiro atoms. The number of hydrogen-bond donors (Lipinski definition) is 3. The molecule has 4 N–H and O–H groups in total. The summed E-state index contributed by atoms with van der Waals surface area (Å²) in [5.41, 5.74) is 4.25. The molecule has 1 saturated heterocycles. The van der Waals surface area contributed by atoms with Crippen molar-refractivity contribution in [2.24, 2.45) is 0 Å². The monoisotopic (exact) mass is 456 g/mol. The molecular weight excluding hydrogens is 436 g/mol. The van der Waals surface area contributed by atoms with Crippen LogP contribution in [0.4, 0.5) is 10.6 Å². The number of fused-ring (bicyclic) bond motifs is 1. The molecule has 172 valence electrons. The van der Waals surface area contributed by atoms with E-state index >= 15 is 0 Å². The van der Waals surface area contributed by atoms with Gasteiger partial charge in [-0.15, -0.1) is 0 Å². The van der Waals surface area contributed by atoms with Gasteiger partial charge in [0, 0.05) is 6.20 Å². The van der Waals surface area contributed by atoms with Crippen molar-refractivity contribution in [1.82, 2.24) is 19.2 Å². The van der Waals surface area contributed by atoms with Gasteiger partial charge in [-0.1, -0.05) is 0 Å². The molecule has 3 aromatic heterocycles. The van der Waals surface area contributed by atoms with Crippen molar-refractivity contribution in [3.05, 3.63) is 48.2 Å². The lowest BCUT2D eigenvalue weighted by Gasteiger charge is -2.24. The fraction of sp³-hybridized carbons (Fsp3) is 0.350. The van der Waals surface area contributed by atoms with Gasteiger partial charge in [-0.2, -0.15) is 10.4 Å². The number of carbonyl (C=O) groups excluding carboxylic acids is 2. The van der Waals surface area contributed by atoms with Gasteiger partial charge in [0.05, 0.1) is 12.3 Å². The number of aliphatic hydroxyl groups is 2. The molecule has 1 aliphatic heterocycles. The second kappa shape index (κ2) is 8.51. The molecule has 33 heavy (non-hydrogen) atoms. The fourth-order valence-electron chi connectivity index (χ4n) is 3.68. The van der Waals surface area contributed by atoms with Crippen LogP contribution in [0.25, 0.3) is 5.52 Å². The highest BCUT2D eigenvalue weighted by atomic mass is 16.6. The number of esters is 1. The summed E-state index contributed by atoms with van der Waals surface area (Å²) in [6.07, 6.45) is -2.97. The van der Waals surface area contributed by atoms with Gasteiger partial charge in [0.25, 0.3) is 0 Å². The number of anilines is 1. The molecule has 0 unspecified atom stereocenters. The molecule has 13 nitrogen and oxygen atoms in total. The van der Waals surface area contributed by atoms with E-state index in [9.17, 15) is 25.1 Å². The topological polar surface area (TPSA) is 187 Å². The third kappa shape index (κ3) is 3.55. The zero-order valence-corrected chi connectivity index (χ0v) is 17.4. The van der Waals surface area contributed by atoms with Crippen LogP contribution in [0.5, 0.6) is 0 Å². The number of nitrogens with two attached hydrogens (primary N) is 1. The van der Waals surface area contributed by atoms with E-state index in [1.165, 1.54) is 35.2 Å². The van der Waals surface area contributed by atoms with Crippen LogP contribution in [0.1, 0.15) is 23.1 Å². The predicted octanol–water partition coefficient (Wildman–Crippen LogP) is -0.186. The smallest absolute Gasteiger partial charge is 0.418 e. The van der Waals surface area contributed by atoms with Crippen molar-refractivity contribution >= 4 is 23.4 Å². The quantitative estimate of drug-likeness (QED) is 0.432. The van der Waals surface area contributed by atoms with Gasteiger partial charge in [0.1, 0.15) is 48.5 Å². The summed E-state index contributed by atoms with van der Waals surface area (Å²) in [7, 11) is 0. The van der Waals surface area contributed by atoms with Crippen molar-refractivity contribution < 1.29 is 34.0 Å². The van der Waals surface area contributed by atoms with Crippen molar-refractivity contribution in [3.63, 3.8) is 0 Å². The lowest BCUT2D eigenvalue weighted by molar-refractivity contribution is -0.0658. The zero-order valence-electron chi connectivity index (χ0n) is 17.4. The molecule has 1 fully saturated rings. The van der Waals surface area contributed by atoms with Crippen LogP contribution in [0.2, 0.25) is 0 Å². The number of nitriles is 1. The molecule has 0 aliphatic carbocycles. The van der Waals surface area contributed by atoms with Gasteiger partial charge in [-0.25, -0.2) is 23.7 Å². The summed E-state index contributed by atoms with van der Waals surface area (Å²) >= 11 is 0. The number of hydrogen-bond acceptors (Lipinski definition) is 11. The zero-order chi connectivity index (χ0) is 23.8. The van der Waals surface area contributed by atoms with Gasteiger partial charge in [0.15, 0.2) is 5.82 Å². The minimum absolute atomic E-state index is 0.0435. The van der Waals surface area contributed by atoms with Crippen molar-refractivity contribution in [1.29, 1.82) is 5.26 Å². The average Bonchev–Trinajstić information content (AvgIpc) is 3.52. The Bertz CT molecular complexity index is 1250. The average molecular weight is 456 g/mol. The fourth-order valence-corrected chi connectivity index (χ4v) is 3.68. The molecule has 4 atom stereocenters. The van der Waals surface area contributed by atoms with Crippen LogP contribution in [-0.4, -0.2) is 73.0 Å². The lowest BCUT2D eigenvalue weighted by Crippen LogP contribution is -2.41. The first-order valence-electron chi connectivity index (χ1n) is 9.89. The summed E-state index contributed by atoms with van der Waals surface area (Å²) in [5, 5.41) is 35.2. The van der Waals surface area contributed by atoms with E-state index in [-0.39, 0.29) is 23.8 Å². The van der Waals surface area contributed by atoms with E-state index in [1.807, 2.05) is 6.07 Å². The molecule has 3 aromatic rings. The molecule has 13 heteroatoms. The molecule has 0 bridgehead atoms. The van der Waals surface area contributed by atoms with Gasteiger partial charge < -0.3 is 30.2 Å². The molecule has 0 radical (unpaired) electrons. The van der Waals surface area contributed by atoms with E-state index in [2.05, 4.69) is 10.1 Å². The van der Waals surface area contributed by atoms with Gasteiger partial charge in [-0.3, -0.25) is 0 Å². The maximum atomic E-state index is 12.5. The Morgan fingerprint density at radius 1 is 1.33 bits per heavy atom. The third-order valence-corrected chi connectivity index (χ3v) is 5.29. The summed E-state index contributed by atoms with van der Waals surface area (Å²) in [5.74, 6) is -0.566. The molecule has 1 aliphatic rings. The van der Waals surface area contributed by atoms with Crippen molar-refractivity contribution in [2.45, 2.75) is 30.8 Å². The first kappa shape index (κ1) is 22.2. The van der Waals surface area contributed by atoms with Crippen LogP contribution in [-0.2, 0) is 19.8 Å². The third-order valence-electron chi connectivity index (χ3n) is 5.29. The number of nitrogen functional groups attached to an aromatic ring is 1. The molecule has 4 heterocycles. The van der Waals surface area contributed by atoms with Crippen LogP contribution < -0.4 is 5.73 Å². The Morgan fingerprint density at radius 3 is 2.85 bits per heavy atom. The summed E-state index contributed by atoms with van der Waals surface area (Å²) < 4.78 is 18.0. The number of carbonyl (C=O) groups is 2. The van der Waals surface area contributed by atoms with Crippen molar-refractivity contribution in [3.8, 4) is 6.07 Å². The maximum Gasteiger partial charge on any atom is 0.418 e. The number of rotatable bonds is 5. The number of aromatic nitrogens is 4. The highest BCUT2D eigenvalue weighted by Crippen LogP contribution is 2.40. The van der Waals surface area contributed by atoms with E-state index in [0.717, 1.165) is 4.57 Å². The summed E-state index contributed by atoms with van der Waals surface area (Å²) in [6.45, 7) is 1.24. The standard InChI is InChI=1S/C20H20N6O7/c1-2-31-18(29)12-4-3-7-25(12)19(30)32-8-13-15(27)16(28)20(9-21,33-13)14-6-5-11-17(22)23-10-24-26(11)14/h3-7,10,13,15-16,27-28H,2,8H2,1H3,(H2,22,23,24)/t13-,15-,16-,20+/m1/s1. The predicted molar refractivity (Wildman–Crippen MR) is 109 cm³/mol. The molecular formula is C20H20N6O7. The van der Waals surface area contributed by atoms with Crippen LogP contribution in [0.15, 0.2) is 36.8 Å². The molecule has 0 saturated carbocycles. The van der Waals surface area contributed by atoms with Crippen LogP contribution in [0.3, 0.4) is 0 Å². The summed E-state index contributed by atoms with van der Waals surface area (Å²) in [4.78, 5) is 28.3. The Hall–Kier alpha value is -3.99. The second-order valence-corrected chi connectivity index (χ2v) is 7.16. The Balaban J connectivity index is 1.55.